The molecule has 1 saturated heterocycles. The highest BCUT2D eigenvalue weighted by Crippen LogP contribution is 2.25. The van der Waals surface area contributed by atoms with E-state index < -0.39 is 10.0 Å². The van der Waals surface area contributed by atoms with Crippen molar-refractivity contribution in [1.29, 1.82) is 0 Å². The van der Waals surface area contributed by atoms with Crippen molar-refractivity contribution < 1.29 is 13.2 Å². The number of halogens is 1. The van der Waals surface area contributed by atoms with E-state index in [9.17, 15) is 8.42 Å². The smallest absolute Gasteiger partial charge is 0.243 e. The molecule has 0 unspecified atom stereocenters. The fourth-order valence-corrected chi connectivity index (χ4v) is 4.20. The Bertz CT molecular complexity index is 566. The van der Waals surface area contributed by atoms with Gasteiger partial charge in [-0.1, -0.05) is 15.9 Å². The molecule has 20 heavy (non-hydrogen) atoms. The standard InChI is InChI=1S/C14H20BrNO3S/c1-3-19-12-6-8-16(9-7-12)20(17,18)13-4-5-14(15)11(2)10-13/h4-5,10,12H,3,6-9H2,1-2H3. The number of benzene rings is 1. The van der Waals surface area contributed by atoms with Crippen LogP contribution in [0.25, 0.3) is 0 Å². The Balaban J connectivity index is 2.13. The first-order valence-electron chi connectivity index (χ1n) is 6.83. The monoisotopic (exact) mass is 361 g/mol. The summed E-state index contributed by atoms with van der Waals surface area (Å²) in [5.74, 6) is 0. The third-order valence-corrected chi connectivity index (χ3v) is 6.35. The molecule has 0 spiro atoms. The molecule has 0 atom stereocenters. The summed E-state index contributed by atoms with van der Waals surface area (Å²) in [6, 6.07) is 5.16. The fraction of sp³-hybridized carbons (Fsp3) is 0.571. The molecule has 1 aromatic rings. The lowest BCUT2D eigenvalue weighted by Crippen LogP contribution is -2.40. The Kier molecular flexibility index (Phi) is 5.23. The van der Waals surface area contributed by atoms with E-state index in [4.69, 9.17) is 4.74 Å². The number of hydrogen-bond donors (Lipinski definition) is 0. The molecule has 1 heterocycles. The number of nitrogens with zero attached hydrogens (tertiary/aromatic N) is 1. The molecule has 112 valence electrons. The summed E-state index contributed by atoms with van der Waals surface area (Å²) in [5, 5.41) is 0. The van der Waals surface area contributed by atoms with E-state index in [1.807, 2.05) is 13.8 Å². The summed E-state index contributed by atoms with van der Waals surface area (Å²) in [4.78, 5) is 0.369. The molecule has 0 N–H and O–H groups in total. The van der Waals surface area contributed by atoms with Crippen LogP contribution in [0.1, 0.15) is 25.3 Å². The maximum Gasteiger partial charge on any atom is 0.243 e. The van der Waals surface area contributed by atoms with Crippen LogP contribution >= 0.6 is 15.9 Å². The minimum atomic E-state index is -3.38. The number of aryl methyl sites for hydroxylation is 1. The number of ether oxygens (including phenoxy) is 1. The predicted molar refractivity (Wildman–Crippen MR) is 82.3 cm³/mol. The van der Waals surface area contributed by atoms with Crippen LogP contribution in [-0.2, 0) is 14.8 Å². The lowest BCUT2D eigenvalue weighted by atomic mass is 10.1. The Morgan fingerprint density at radius 2 is 2.00 bits per heavy atom. The Hall–Kier alpha value is -0.430. The normalized spacial score (nSPS) is 18.4. The predicted octanol–water partition coefficient (Wildman–Crippen LogP) is 2.95. The molecular weight excluding hydrogens is 342 g/mol. The molecule has 6 heteroatoms. The number of piperidine rings is 1. The van der Waals surface area contributed by atoms with Crippen molar-refractivity contribution in [2.75, 3.05) is 19.7 Å². The highest BCUT2D eigenvalue weighted by molar-refractivity contribution is 9.10. The van der Waals surface area contributed by atoms with Crippen LogP contribution in [0.4, 0.5) is 0 Å². The van der Waals surface area contributed by atoms with Crippen LogP contribution in [0, 0.1) is 6.92 Å². The highest BCUT2D eigenvalue weighted by Gasteiger charge is 2.29. The van der Waals surface area contributed by atoms with Crippen LogP contribution in [0.5, 0.6) is 0 Å². The van der Waals surface area contributed by atoms with Gasteiger partial charge in [-0.25, -0.2) is 8.42 Å². The summed E-state index contributed by atoms with van der Waals surface area (Å²) < 4.78 is 33.2. The van der Waals surface area contributed by atoms with Crippen LogP contribution < -0.4 is 0 Å². The zero-order chi connectivity index (χ0) is 14.8. The Morgan fingerprint density at radius 1 is 1.35 bits per heavy atom. The van der Waals surface area contributed by atoms with Gasteiger partial charge in [-0.05, 0) is 50.5 Å². The van der Waals surface area contributed by atoms with E-state index in [-0.39, 0.29) is 6.10 Å². The van der Waals surface area contributed by atoms with Crippen molar-refractivity contribution in [3.05, 3.63) is 28.2 Å². The molecule has 2 rings (SSSR count). The number of sulfonamides is 1. The highest BCUT2D eigenvalue weighted by atomic mass is 79.9. The second-order valence-corrected chi connectivity index (χ2v) is 7.76. The zero-order valence-corrected chi connectivity index (χ0v) is 14.2. The molecule has 4 nitrogen and oxygen atoms in total. The lowest BCUT2D eigenvalue weighted by Gasteiger charge is -2.31. The van der Waals surface area contributed by atoms with Gasteiger partial charge in [-0.3, -0.25) is 0 Å². The first kappa shape index (κ1) is 15.9. The van der Waals surface area contributed by atoms with Crippen molar-refractivity contribution in [2.45, 2.75) is 37.7 Å². The summed E-state index contributed by atoms with van der Waals surface area (Å²) in [6.45, 7) is 5.60. The Labute approximate surface area is 129 Å². The second kappa shape index (κ2) is 6.56. The molecule has 1 aromatic carbocycles. The quantitative estimate of drug-likeness (QED) is 0.827. The summed E-state index contributed by atoms with van der Waals surface area (Å²) in [5.41, 5.74) is 0.926. The molecule has 0 radical (unpaired) electrons. The third-order valence-electron chi connectivity index (χ3n) is 3.57. The van der Waals surface area contributed by atoms with E-state index in [1.165, 1.54) is 0 Å². The molecule has 0 saturated carbocycles. The van der Waals surface area contributed by atoms with E-state index in [2.05, 4.69) is 15.9 Å². The van der Waals surface area contributed by atoms with E-state index in [0.717, 1.165) is 22.9 Å². The third kappa shape index (κ3) is 3.42. The molecular formula is C14H20BrNO3S. The number of rotatable bonds is 4. The Morgan fingerprint density at radius 3 is 2.55 bits per heavy atom. The van der Waals surface area contributed by atoms with Gasteiger partial charge in [-0.2, -0.15) is 4.31 Å². The van der Waals surface area contributed by atoms with Gasteiger partial charge >= 0.3 is 0 Å². The van der Waals surface area contributed by atoms with Crippen molar-refractivity contribution in [3.8, 4) is 0 Å². The molecule has 0 aliphatic carbocycles. The first-order chi connectivity index (χ1) is 9.45. The molecule has 0 bridgehead atoms. The molecule has 1 aliphatic heterocycles. The topological polar surface area (TPSA) is 46.6 Å². The first-order valence-corrected chi connectivity index (χ1v) is 9.06. The minimum Gasteiger partial charge on any atom is -0.378 e. The maximum absolute atomic E-state index is 12.6. The van der Waals surface area contributed by atoms with Crippen LogP contribution in [0.2, 0.25) is 0 Å². The zero-order valence-electron chi connectivity index (χ0n) is 11.8. The van der Waals surface area contributed by atoms with E-state index >= 15 is 0 Å². The number of hydrogen-bond acceptors (Lipinski definition) is 3. The van der Waals surface area contributed by atoms with Crippen molar-refractivity contribution in [3.63, 3.8) is 0 Å². The summed E-state index contributed by atoms with van der Waals surface area (Å²) in [6.07, 6.45) is 1.73. The van der Waals surface area contributed by atoms with Crippen LogP contribution in [0.3, 0.4) is 0 Å². The summed E-state index contributed by atoms with van der Waals surface area (Å²) in [7, 11) is -3.38. The van der Waals surface area contributed by atoms with Crippen molar-refractivity contribution >= 4 is 26.0 Å². The average Bonchev–Trinajstić information content (AvgIpc) is 2.43. The van der Waals surface area contributed by atoms with Crippen molar-refractivity contribution in [2.24, 2.45) is 0 Å². The van der Waals surface area contributed by atoms with Gasteiger partial charge in [0.15, 0.2) is 0 Å². The molecule has 1 aliphatic rings. The molecule has 0 aromatic heterocycles. The van der Waals surface area contributed by atoms with Crippen LogP contribution in [-0.4, -0.2) is 38.5 Å². The van der Waals surface area contributed by atoms with E-state index in [0.29, 0.717) is 24.6 Å². The summed E-state index contributed by atoms with van der Waals surface area (Å²) >= 11 is 3.39. The van der Waals surface area contributed by atoms with E-state index in [1.54, 1.807) is 22.5 Å². The fourth-order valence-electron chi connectivity index (χ4n) is 2.40. The molecule has 1 fully saturated rings. The van der Waals surface area contributed by atoms with Crippen LogP contribution in [0.15, 0.2) is 27.6 Å². The SMILES string of the molecule is CCOC1CCN(S(=O)(=O)c2ccc(Br)c(C)c2)CC1. The maximum atomic E-state index is 12.6. The van der Waals surface area contributed by atoms with Gasteiger partial charge < -0.3 is 4.74 Å². The van der Waals surface area contributed by atoms with Gasteiger partial charge in [0.05, 0.1) is 11.0 Å². The molecule has 0 amide bonds. The second-order valence-electron chi connectivity index (χ2n) is 4.97. The minimum absolute atomic E-state index is 0.193. The lowest BCUT2D eigenvalue weighted by molar-refractivity contribution is 0.0290. The van der Waals surface area contributed by atoms with Gasteiger partial charge in [0.2, 0.25) is 10.0 Å². The average molecular weight is 362 g/mol. The van der Waals surface area contributed by atoms with Gasteiger partial charge in [0, 0.05) is 24.2 Å². The van der Waals surface area contributed by atoms with Gasteiger partial charge in [0.25, 0.3) is 0 Å². The van der Waals surface area contributed by atoms with Gasteiger partial charge in [0.1, 0.15) is 0 Å². The van der Waals surface area contributed by atoms with Gasteiger partial charge in [-0.15, -0.1) is 0 Å². The largest absolute Gasteiger partial charge is 0.378 e. The van der Waals surface area contributed by atoms with Crippen molar-refractivity contribution in [1.82, 2.24) is 4.31 Å².